The van der Waals surface area contributed by atoms with Gasteiger partial charge in [0.05, 0.1) is 16.3 Å². The molecule has 0 bridgehead atoms. The van der Waals surface area contributed by atoms with Crippen molar-refractivity contribution in [2.24, 2.45) is 20.5 Å². The summed E-state index contributed by atoms with van der Waals surface area (Å²) in [5, 5.41) is 29.2. The van der Waals surface area contributed by atoms with Crippen molar-refractivity contribution >= 4 is 77.0 Å². The summed E-state index contributed by atoms with van der Waals surface area (Å²) < 4.78 is 70.6. The first kappa shape index (κ1) is 43.1. The summed E-state index contributed by atoms with van der Waals surface area (Å²) >= 11 is 6.04. The van der Waals surface area contributed by atoms with E-state index < -0.39 is 52.4 Å². The molecular formula is C30H19ClN5Na3O8S2. The SMILES string of the molecule is Cc1c[c-]c(S(=O)(=O)[O-])c(Cl)c1N=Nc1ccc(N=Nc2c(S(=O)(=O)[O-])cc3cc(NC(=O)c4ccccc4)ccc3c2O)cc1.[Na+].[Na+].[Na+]. The van der Waals surface area contributed by atoms with E-state index in [0.29, 0.717) is 16.8 Å². The van der Waals surface area contributed by atoms with Crippen molar-refractivity contribution in [2.75, 3.05) is 5.32 Å². The van der Waals surface area contributed by atoms with Gasteiger partial charge in [0.25, 0.3) is 5.91 Å². The van der Waals surface area contributed by atoms with E-state index in [4.69, 9.17) is 11.6 Å². The third kappa shape index (κ3) is 10.5. The number of benzene rings is 5. The molecule has 2 N–H and O–H groups in total. The van der Waals surface area contributed by atoms with Crippen LogP contribution in [0, 0.1) is 13.0 Å². The van der Waals surface area contributed by atoms with Crippen LogP contribution in [0.4, 0.5) is 28.4 Å². The third-order valence-corrected chi connectivity index (χ3v) is 8.60. The molecule has 0 saturated heterocycles. The van der Waals surface area contributed by atoms with Crippen molar-refractivity contribution in [1.29, 1.82) is 0 Å². The zero-order valence-electron chi connectivity index (χ0n) is 26.4. The van der Waals surface area contributed by atoms with Crippen LogP contribution in [0.5, 0.6) is 5.75 Å². The van der Waals surface area contributed by atoms with Crippen LogP contribution >= 0.6 is 11.6 Å². The number of azo groups is 2. The quantitative estimate of drug-likeness (QED) is 0.0800. The van der Waals surface area contributed by atoms with E-state index in [2.05, 4.69) is 31.8 Å². The number of fused-ring (bicyclic) bond motifs is 1. The van der Waals surface area contributed by atoms with Gasteiger partial charge in [-0.3, -0.25) is 4.79 Å². The Morgan fingerprint density at radius 2 is 1.37 bits per heavy atom. The average molecular weight is 746 g/mol. The summed E-state index contributed by atoms with van der Waals surface area (Å²) in [4.78, 5) is 10.9. The van der Waals surface area contributed by atoms with Gasteiger partial charge in [-0.2, -0.15) is 39.1 Å². The van der Waals surface area contributed by atoms with Crippen LogP contribution in [0.2, 0.25) is 5.02 Å². The Labute approximate surface area is 352 Å². The summed E-state index contributed by atoms with van der Waals surface area (Å²) in [5.74, 6) is -1.03. The summed E-state index contributed by atoms with van der Waals surface area (Å²) in [6.45, 7) is 1.57. The van der Waals surface area contributed by atoms with Crippen molar-refractivity contribution in [3.8, 4) is 5.75 Å². The number of halogens is 1. The van der Waals surface area contributed by atoms with E-state index in [1.54, 1.807) is 37.3 Å². The number of hydrogen-bond acceptors (Lipinski definition) is 12. The Morgan fingerprint density at radius 3 is 1.92 bits per heavy atom. The van der Waals surface area contributed by atoms with Crippen LogP contribution in [0.25, 0.3) is 10.8 Å². The zero-order valence-corrected chi connectivity index (χ0v) is 34.8. The first-order chi connectivity index (χ1) is 21.7. The molecule has 0 saturated carbocycles. The average Bonchev–Trinajstić information content (AvgIpc) is 3.00. The fourth-order valence-electron chi connectivity index (χ4n) is 4.20. The number of anilines is 1. The van der Waals surface area contributed by atoms with Gasteiger partial charge in [0.2, 0.25) is 0 Å². The second kappa shape index (κ2) is 17.9. The number of hydrogen-bond donors (Lipinski definition) is 2. The van der Waals surface area contributed by atoms with Crippen molar-refractivity contribution in [2.45, 2.75) is 16.7 Å². The largest absolute Gasteiger partial charge is 1.00 e. The van der Waals surface area contributed by atoms with Crippen molar-refractivity contribution in [1.82, 2.24) is 0 Å². The van der Waals surface area contributed by atoms with Crippen LogP contribution in [0.1, 0.15) is 15.9 Å². The van der Waals surface area contributed by atoms with Gasteiger partial charge >= 0.3 is 88.7 Å². The summed E-state index contributed by atoms with van der Waals surface area (Å²) in [6.07, 6.45) is 0. The molecule has 19 heteroatoms. The Kier molecular flexibility index (Phi) is 15.8. The normalized spacial score (nSPS) is 11.5. The van der Waals surface area contributed by atoms with E-state index in [0.717, 1.165) is 6.07 Å². The number of aromatic hydroxyl groups is 1. The molecule has 5 aromatic carbocycles. The topological polar surface area (TPSA) is 213 Å². The van der Waals surface area contributed by atoms with E-state index in [9.17, 15) is 35.8 Å². The second-order valence-corrected chi connectivity index (χ2v) is 12.7. The number of carbonyl (C=O) groups is 1. The number of aryl methyl sites for hydroxylation is 1. The molecule has 234 valence electrons. The molecule has 0 aliphatic rings. The van der Waals surface area contributed by atoms with Gasteiger partial charge in [0.15, 0.2) is 5.75 Å². The minimum absolute atomic E-state index is 0. The van der Waals surface area contributed by atoms with Gasteiger partial charge in [0.1, 0.15) is 25.9 Å². The fourth-order valence-corrected chi connectivity index (χ4v) is 5.89. The molecule has 0 radical (unpaired) electrons. The van der Waals surface area contributed by atoms with Gasteiger partial charge in [-0.25, -0.2) is 16.8 Å². The van der Waals surface area contributed by atoms with E-state index in [1.807, 2.05) is 0 Å². The molecule has 49 heavy (non-hydrogen) atoms. The molecule has 5 rings (SSSR count). The van der Waals surface area contributed by atoms with Crippen LogP contribution in [-0.4, -0.2) is 37.0 Å². The zero-order chi connectivity index (χ0) is 33.2. The Morgan fingerprint density at radius 1 is 0.796 bits per heavy atom. The Hall–Kier alpha value is -2.06. The van der Waals surface area contributed by atoms with Crippen LogP contribution in [0.3, 0.4) is 0 Å². The molecular weight excluding hydrogens is 727 g/mol. The first-order valence-corrected chi connectivity index (χ1v) is 16.1. The molecule has 0 atom stereocenters. The van der Waals surface area contributed by atoms with Crippen molar-refractivity contribution in [3.05, 3.63) is 107 Å². The molecule has 0 fully saturated rings. The molecule has 0 spiro atoms. The minimum atomic E-state index is -5.14. The van der Waals surface area contributed by atoms with E-state index in [-0.39, 0.29) is 117 Å². The number of phenolic OH excluding ortho intramolecular Hbond substituents is 1. The molecule has 0 unspecified atom stereocenters. The number of nitrogens with zero attached hydrogens (tertiary/aromatic N) is 4. The van der Waals surface area contributed by atoms with Crippen molar-refractivity contribution in [3.63, 3.8) is 0 Å². The third-order valence-electron chi connectivity index (χ3n) is 6.45. The van der Waals surface area contributed by atoms with Gasteiger partial charge in [-0.15, -0.1) is 10.7 Å². The Balaban J connectivity index is 0.00000278. The summed E-state index contributed by atoms with van der Waals surface area (Å²) in [7, 11) is -10.0. The predicted octanol–water partition coefficient (Wildman–Crippen LogP) is -1.79. The molecule has 13 nitrogen and oxygen atoms in total. The van der Waals surface area contributed by atoms with Crippen LogP contribution in [-0.2, 0) is 20.2 Å². The maximum absolute atomic E-state index is 12.5. The van der Waals surface area contributed by atoms with Crippen LogP contribution < -0.4 is 94.0 Å². The Bertz CT molecular complexity index is 2300. The number of phenols is 1. The smallest absolute Gasteiger partial charge is 0.746 e. The molecule has 1 amide bonds. The number of amides is 1. The molecule has 0 heterocycles. The van der Waals surface area contributed by atoms with E-state index in [1.165, 1.54) is 48.5 Å². The number of carbonyl (C=O) groups excluding carboxylic acids is 1. The molecule has 0 aliphatic heterocycles. The summed E-state index contributed by atoms with van der Waals surface area (Å²) in [5.41, 5.74) is 0.918. The summed E-state index contributed by atoms with van der Waals surface area (Å²) in [6, 6.07) is 23.0. The predicted molar refractivity (Wildman–Crippen MR) is 166 cm³/mol. The number of nitrogens with one attached hydrogen (secondary N) is 1. The molecule has 0 aliphatic carbocycles. The number of rotatable bonds is 8. The second-order valence-electron chi connectivity index (χ2n) is 9.62. The van der Waals surface area contributed by atoms with Crippen LogP contribution in [0.15, 0.2) is 115 Å². The molecule has 0 aromatic heterocycles. The van der Waals surface area contributed by atoms with Gasteiger partial charge in [-0.05, 0) is 81.7 Å². The van der Waals surface area contributed by atoms with Gasteiger partial charge in [-0.1, -0.05) is 25.1 Å². The van der Waals surface area contributed by atoms with Gasteiger partial charge in [0, 0.05) is 16.6 Å². The monoisotopic (exact) mass is 745 g/mol. The minimum Gasteiger partial charge on any atom is -0.746 e. The standard InChI is InChI=1S/C30H21ClN5O8S2.3Na/c1-17-7-14-24(45(39,40)41)26(31)27(17)35-33-20-8-10-21(11-9-20)34-36-28-25(46(42,43)44)16-19-15-22(12-13-23(19)29(28)37)32-30(38)18-5-3-2-4-6-18;;;/h2-13,15-16,37H,1H3,(H,32,38)(H,39,40,41)(H,42,43,44);;;/q-1;3*+1/p-2. The van der Waals surface area contributed by atoms with Crippen molar-refractivity contribution < 1.29 is 125 Å². The molecule has 5 aromatic rings. The van der Waals surface area contributed by atoms with Gasteiger partial charge < -0.3 is 19.5 Å². The maximum atomic E-state index is 12.5. The first-order valence-electron chi connectivity index (χ1n) is 12.9. The fraction of sp³-hybridized carbons (Fsp3) is 0.0333. The maximum Gasteiger partial charge on any atom is 1.00 e. The van der Waals surface area contributed by atoms with E-state index >= 15 is 0 Å².